The molecule has 2 aliphatic rings. The van der Waals surface area contributed by atoms with Crippen LogP contribution in [-0.4, -0.2) is 25.0 Å². The number of likely N-dealkylation sites (N-methyl/N-ethyl adjacent to an activating group) is 1. The molecule has 1 nitrogen and oxygen atoms in total. The number of benzene rings is 1. The lowest BCUT2D eigenvalue weighted by atomic mass is 9.92. The molecule has 0 bridgehead atoms. The summed E-state index contributed by atoms with van der Waals surface area (Å²) in [4.78, 5) is 1.62. The average molecular weight is 240 g/mol. The maximum Gasteiger partial charge on any atom is 0.0394 e. The fourth-order valence-corrected chi connectivity index (χ4v) is 2.59. The molecular formula is C17H19N. The molecule has 92 valence electrons. The Morgan fingerprint density at radius 1 is 1.28 bits per heavy atom. The lowest BCUT2D eigenvalue weighted by Crippen LogP contribution is -2.27. The van der Waals surface area contributed by atoms with Gasteiger partial charge in [-0.05, 0) is 30.1 Å². The van der Waals surface area contributed by atoms with Gasteiger partial charge in [-0.2, -0.15) is 0 Å². The second kappa shape index (κ2) is 4.95. The summed E-state index contributed by atoms with van der Waals surface area (Å²) in [5, 5.41) is 0. The molecule has 0 radical (unpaired) electrons. The van der Waals surface area contributed by atoms with Crippen LogP contribution in [0.5, 0.6) is 0 Å². The SMILES string of the molecule is [2H]C([2H])([2H])N1CCc2ccccc2/C=C2\C=CC=CC2C1. The van der Waals surface area contributed by atoms with Crippen LogP contribution in [-0.2, 0) is 6.42 Å². The van der Waals surface area contributed by atoms with Crippen molar-refractivity contribution in [1.82, 2.24) is 4.90 Å². The van der Waals surface area contributed by atoms with Gasteiger partial charge < -0.3 is 4.90 Å². The van der Waals surface area contributed by atoms with Crippen molar-refractivity contribution in [3.63, 3.8) is 0 Å². The van der Waals surface area contributed by atoms with Crippen molar-refractivity contribution in [1.29, 1.82) is 0 Å². The topological polar surface area (TPSA) is 3.24 Å². The zero-order valence-corrected chi connectivity index (χ0v) is 10.3. The maximum atomic E-state index is 7.75. The summed E-state index contributed by atoms with van der Waals surface area (Å²) in [6, 6.07) is 8.25. The quantitative estimate of drug-likeness (QED) is 0.672. The minimum atomic E-state index is -2.04. The first kappa shape index (κ1) is 8.49. The first-order chi connectivity index (χ1) is 10.0. The third-order valence-electron chi connectivity index (χ3n) is 3.62. The van der Waals surface area contributed by atoms with Crippen molar-refractivity contribution >= 4 is 6.08 Å². The zero-order chi connectivity index (χ0) is 14.9. The highest BCUT2D eigenvalue weighted by molar-refractivity contribution is 5.61. The Labute approximate surface area is 113 Å². The lowest BCUT2D eigenvalue weighted by molar-refractivity contribution is 0.319. The van der Waals surface area contributed by atoms with Crippen LogP contribution in [0.1, 0.15) is 15.2 Å². The van der Waals surface area contributed by atoms with Crippen LogP contribution in [0, 0.1) is 5.92 Å². The highest BCUT2D eigenvalue weighted by atomic mass is 15.1. The fourth-order valence-electron chi connectivity index (χ4n) is 2.59. The Balaban J connectivity index is 2.03. The first-order valence-electron chi connectivity index (χ1n) is 7.93. The molecule has 3 rings (SSSR count). The van der Waals surface area contributed by atoms with Gasteiger partial charge >= 0.3 is 0 Å². The molecule has 1 heteroatoms. The van der Waals surface area contributed by atoms with Gasteiger partial charge in [-0.15, -0.1) is 0 Å². The standard InChI is InChI=1S/C17H19N/c1-18-11-10-14-6-2-3-7-15(14)12-16-8-4-5-9-17(16)13-18/h2-9,12,17H,10-11,13H2,1H3/b16-12+/i1D3. The summed E-state index contributed by atoms with van der Waals surface area (Å²) in [5.41, 5.74) is 3.59. The van der Waals surface area contributed by atoms with Crippen LogP contribution >= 0.6 is 0 Å². The molecule has 0 fully saturated rings. The van der Waals surface area contributed by atoms with Crippen molar-refractivity contribution in [3.05, 3.63) is 65.3 Å². The first-order valence-corrected chi connectivity index (χ1v) is 6.43. The summed E-state index contributed by atoms with van der Waals surface area (Å²) in [7, 11) is 0. The second-order valence-corrected chi connectivity index (χ2v) is 4.89. The summed E-state index contributed by atoms with van der Waals surface area (Å²) < 4.78 is 23.3. The zero-order valence-electron chi connectivity index (χ0n) is 13.3. The van der Waals surface area contributed by atoms with Gasteiger partial charge in [0.15, 0.2) is 0 Å². The minimum absolute atomic E-state index is 0.140. The molecule has 0 aromatic heterocycles. The van der Waals surface area contributed by atoms with E-state index < -0.39 is 6.98 Å². The molecule has 0 saturated carbocycles. The predicted octanol–water partition coefficient (Wildman–Crippen LogP) is 3.30. The van der Waals surface area contributed by atoms with Gasteiger partial charge in [-0.1, -0.05) is 54.6 Å². The smallest absolute Gasteiger partial charge is 0.0394 e. The Morgan fingerprint density at radius 3 is 3.17 bits per heavy atom. The van der Waals surface area contributed by atoms with E-state index in [1.54, 1.807) is 4.90 Å². The van der Waals surface area contributed by atoms with E-state index in [-0.39, 0.29) is 5.92 Å². The number of hydrogen-bond donors (Lipinski definition) is 0. The Hall–Kier alpha value is -1.60. The van der Waals surface area contributed by atoms with E-state index in [0.717, 1.165) is 6.42 Å². The van der Waals surface area contributed by atoms with Gasteiger partial charge in [-0.3, -0.25) is 0 Å². The molecule has 0 amide bonds. The van der Waals surface area contributed by atoms with E-state index in [1.165, 1.54) is 16.7 Å². The normalized spacial score (nSPS) is 29.4. The van der Waals surface area contributed by atoms with Gasteiger partial charge in [0, 0.05) is 23.1 Å². The molecule has 1 heterocycles. The van der Waals surface area contributed by atoms with E-state index >= 15 is 0 Å². The van der Waals surface area contributed by atoms with Crippen molar-refractivity contribution < 1.29 is 4.11 Å². The number of allylic oxidation sites excluding steroid dienone is 3. The minimum Gasteiger partial charge on any atom is -0.305 e. The molecule has 1 unspecified atom stereocenters. The number of fused-ring (bicyclic) bond motifs is 2. The molecular weight excluding hydrogens is 218 g/mol. The Kier molecular flexibility index (Phi) is 2.34. The largest absolute Gasteiger partial charge is 0.305 e. The fraction of sp³-hybridized carbons (Fsp3) is 0.294. The Morgan fingerprint density at radius 2 is 2.22 bits per heavy atom. The molecule has 1 aromatic rings. The van der Waals surface area contributed by atoms with Crippen LogP contribution in [0.3, 0.4) is 0 Å². The lowest BCUT2D eigenvalue weighted by Gasteiger charge is -2.23. The summed E-state index contributed by atoms with van der Waals surface area (Å²) >= 11 is 0. The Bertz CT molecular complexity index is 611. The van der Waals surface area contributed by atoms with Crippen LogP contribution in [0.15, 0.2) is 54.1 Å². The van der Waals surface area contributed by atoms with E-state index in [9.17, 15) is 0 Å². The van der Waals surface area contributed by atoms with Gasteiger partial charge in [0.2, 0.25) is 0 Å². The summed E-state index contributed by atoms with van der Waals surface area (Å²) in [6.07, 6.45) is 11.2. The third kappa shape index (κ3) is 2.32. The van der Waals surface area contributed by atoms with E-state index in [1.807, 2.05) is 24.3 Å². The van der Waals surface area contributed by atoms with E-state index in [2.05, 4.69) is 30.4 Å². The molecule has 18 heavy (non-hydrogen) atoms. The molecule has 1 aliphatic carbocycles. The summed E-state index contributed by atoms with van der Waals surface area (Å²) in [5.74, 6) is 0.140. The molecule has 1 aromatic carbocycles. The van der Waals surface area contributed by atoms with E-state index in [4.69, 9.17) is 4.11 Å². The van der Waals surface area contributed by atoms with Crippen molar-refractivity contribution in [3.8, 4) is 0 Å². The highest BCUT2D eigenvalue weighted by Gasteiger charge is 2.16. The highest BCUT2D eigenvalue weighted by Crippen LogP contribution is 2.25. The summed E-state index contributed by atoms with van der Waals surface area (Å²) in [6.45, 7) is -0.945. The van der Waals surface area contributed by atoms with Gasteiger partial charge in [0.05, 0.1) is 0 Å². The van der Waals surface area contributed by atoms with Gasteiger partial charge in [-0.25, -0.2) is 0 Å². The van der Waals surface area contributed by atoms with E-state index in [0.29, 0.717) is 13.1 Å². The van der Waals surface area contributed by atoms with Gasteiger partial charge in [0.25, 0.3) is 0 Å². The number of hydrogen-bond acceptors (Lipinski definition) is 1. The molecule has 0 spiro atoms. The van der Waals surface area contributed by atoms with Crippen molar-refractivity contribution in [2.24, 2.45) is 5.92 Å². The maximum absolute atomic E-state index is 7.75. The average Bonchev–Trinajstić information content (AvgIpc) is 2.52. The van der Waals surface area contributed by atoms with Crippen molar-refractivity contribution in [2.75, 3.05) is 20.1 Å². The number of nitrogens with zero attached hydrogens (tertiary/aromatic N) is 1. The predicted molar refractivity (Wildman–Crippen MR) is 77.4 cm³/mol. The van der Waals surface area contributed by atoms with Gasteiger partial charge in [0.1, 0.15) is 0 Å². The second-order valence-electron chi connectivity index (χ2n) is 4.89. The van der Waals surface area contributed by atoms with Crippen LogP contribution < -0.4 is 0 Å². The van der Waals surface area contributed by atoms with Crippen molar-refractivity contribution in [2.45, 2.75) is 6.42 Å². The molecule has 0 N–H and O–H groups in total. The molecule has 0 saturated heterocycles. The van der Waals surface area contributed by atoms with Crippen LogP contribution in [0.4, 0.5) is 0 Å². The van der Waals surface area contributed by atoms with Crippen LogP contribution in [0.25, 0.3) is 6.08 Å². The molecule has 1 atom stereocenters. The monoisotopic (exact) mass is 240 g/mol. The van der Waals surface area contributed by atoms with Crippen LogP contribution in [0.2, 0.25) is 0 Å². The third-order valence-corrected chi connectivity index (χ3v) is 3.62. The number of rotatable bonds is 0. The molecule has 1 aliphatic heterocycles.